The van der Waals surface area contributed by atoms with Crippen LogP contribution in [-0.2, 0) is 13.0 Å². The van der Waals surface area contributed by atoms with Gasteiger partial charge in [0.2, 0.25) is 5.95 Å². The zero-order valence-electron chi connectivity index (χ0n) is 25.5. The summed E-state index contributed by atoms with van der Waals surface area (Å²) in [4.78, 5) is 22.2. The zero-order chi connectivity index (χ0) is 30.1. The van der Waals surface area contributed by atoms with Gasteiger partial charge in [-0.2, -0.15) is 4.98 Å². The first kappa shape index (κ1) is 28.6. The number of hydrogen-bond donors (Lipinski definition) is 2. The number of ether oxygens (including phenoxy) is 1. The summed E-state index contributed by atoms with van der Waals surface area (Å²) < 4.78 is 20.0. The second kappa shape index (κ2) is 12.0. The monoisotopic (exact) mass is 579 g/mol. The summed E-state index contributed by atoms with van der Waals surface area (Å²) in [7, 11) is 4.09. The number of imidazole rings is 1. The van der Waals surface area contributed by atoms with Crippen molar-refractivity contribution >= 4 is 22.8 Å². The largest absolute Gasteiger partial charge is 0.491 e. The highest BCUT2D eigenvalue weighted by molar-refractivity contribution is 5.82. The van der Waals surface area contributed by atoms with Crippen molar-refractivity contribution in [1.29, 1.82) is 0 Å². The number of likely N-dealkylation sites (N-methyl/N-ethyl adjacent to an activating group) is 1. The lowest BCUT2D eigenvalue weighted by molar-refractivity contribution is 0.329. The fraction of sp³-hybridized carbons (Fsp3) is 0.324. The van der Waals surface area contributed by atoms with E-state index in [9.17, 15) is 4.39 Å². The third-order valence-corrected chi connectivity index (χ3v) is 7.88. The van der Waals surface area contributed by atoms with Gasteiger partial charge in [-0.05, 0) is 93.5 Å². The Morgan fingerprint density at radius 2 is 1.79 bits per heavy atom. The topological polar surface area (TPSA) is 82.2 Å². The molecule has 43 heavy (non-hydrogen) atoms. The first-order valence-electron chi connectivity index (χ1n) is 14.7. The highest BCUT2D eigenvalue weighted by atomic mass is 19.1. The fourth-order valence-corrected chi connectivity index (χ4v) is 5.70. The minimum Gasteiger partial charge on any atom is -0.491 e. The number of aromatic nitrogens is 4. The smallest absolute Gasteiger partial charge is 0.224 e. The lowest BCUT2D eigenvalue weighted by atomic mass is 9.98. The Morgan fingerprint density at radius 1 is 0.977 bits per heavy atom. The SMILES string of the molecule is Cc1nc2cc(-c3cc(C)c4c(c3)CN(c3nc(NCCN(C)C)nc(C)c3Cc3ccc(F)cc3)CCO4)ccc2[nH]1. The van der Waals surface area contributed by atoms with Gasteiger partial charge >= 0.3 is 0 Å². The van der Waals surface area contributed by atoms with Crippen molar-refractivity contribution in [2.24, 2.45) is 0 Å². The van der Waals surface area contributed by atoms with Crippen molar-refractivity contribution < 1.29 is 9.13 Å². The lowest BCUT2D eigenvalue weighted by Gasteiger charge is -2.26. The maximum absolute atomic E-state index is 13.7. The van der Waals surface area contributed by atoms with Gasteiger partial charge in [-0.1, -0.05) is 18.2 Å². The molecule has 0 bridgehead atoms. The molecule has 2 N–H and O–H groups in total. The Hall–Kier alpha value is -4.50. The Balaban J connectivity index is 1.38. The van der Waals surface area contributed by atoms with Crippen LogP contribution in [0.25, 0.3) is 22.2 Å². The lowest BCUT2D eigenvalue weighted by Crippen LogP contribution is -2.29. The molecule has 1 aliphatic heterocycles. The molecule has 0 unspecified atom stereocenters. The Bertz CT molecular complexity index is 1760. The molecule has 0 radical (unpaired) electrons. The molecule has 0 aliphatic carbocycles. The minimum atomic E-state index is -0.244. The number of anilines is 2. The van der Waals surface area contributed by atoms with E-state index in [1.54, 1.807) is 0 Å². The molecule has 0 fully saturated rings. The number of hydrogen-bond acceptors (Lipinski definition) is 7. The third kappa shape index (κ3) is 6.32. The van der Waals surface area contributed by atoms with E-state index in [2.05, 4.69) is 62.3 Å². The first-order chi connectivity index (χ1) is 20.7. The highest BCUT2D eigenvalue weighted by Crippen LogP contribution is 2.36. The molecule has 1 aliphatic rings. The van der Waals surface area contributed by atoms with Crippen molar-refractivity contribution in [1.82, 2.24) is 24.8 Å². The fourth-order valence-electron chi connectivity index (χ4n) is 5.70. The third-order valence-electron chi connectivity index (χ3n) is 7.88. The summed E-state index contributed by atoms with van der Waals surface area (Å²) in [5.41, 5.74) is 9.38. The van der Waals surface area contributed by atoms with E-state index in [-0.39, 0.29) is 5.82 Å². The second-order valence-electron chi connectivity index (χ2n) is 11.6. The van der Waals surface area contributed by atoms with Gasteiger partial charge in [0.15, 0.2) is 0 Å². The number of rotatable bonds is 8. The standard InChI is InChI=1S/C34H38FN7O/c1-21-16-26(25-8-11-30-31(19-25)39-23(3)38-30)18-27-20-42(14-15-43-32(21)27)33-29(17-24-6-9-28(35)10-7-24)22(2)37-34(40-33)36-12-13-41(4)5/h6-11,16,18-19H,12-15,17,20H2,1-5H3,(H,38,39)(H,36,37,40). The van der Waals surface area contributed by atoms with E-state index in [4.69, 9.17) is 14.7 Å². The van der Waals surface area contributed by atoms with Crippen LogP contribution in [-0.4, -0.2) is 65.2 Å². The predicted molar refractivity (Wildman–Crippen MR) is 171 cm³/mol. The van der Waals surface area contributed by atoms with Crippen molar-refractivity contribution in [3.05, 3.63) is 94.2 Å². The number of nitrogens with zero attached hydrogens (tertiary/aromatic N) is 5. The molecule has 0 saturated heterocycles. The molecule has 0 saturated carbocycles. The molecule has 5 aromatic rings. The van der Waals surface area contributed by atoms with Gasteiger partial charge < -0.3 is 24.8 Å². The van der Waals surface area contributed by atoms with Crippen LogP contribution in [0.1, 0.15) is 33.8 Å². The Morgan fingerprint density at radius 3 is 2.58 bits per heavy atom. The second-order valence-corrected chi connectivity index (χ2v) is 11.6. The quantitative estimate of drug-likeness (QED) is 0.232. The number of benzene rings is 3. The summed E-state index contributed by atoms with van der Waals surface area (Å²) in [6.45, 7) is 9.55. The van der Waals surface area contributed by atoms with E-state index in [0.29, 0.717) is 32.1 Å². The van der Waals surface area contributed by atoms with Gasteiger partial charge in [0.1, 0.15) is 29.8 Å². The Kier molecular flexibility index (Phi) is 7.99. The van der Waals surface area contributed by atoms with Gasteiger partial charge in [-0.3, -0.25) is 0 Å². The first-order valence-corrected chi connectivity index (χ1v) is 14.7. The molecular weight excluding hydrogens is 541 g/mol. The molecule has 222 valence electrons. The molecule has 8 nitrogen and oxygen atoms in total. The number of fused-ring (bicyclic) bond motifs is 2. The van der Waals surface area contributed by atoms with Crippen LogP contribution in [0.15, 0.2) is 54.6 Å². The van der Waals surface area contributed by atoms with Gasteiger partial charge in [0.05, 0.1) is 17.6 Å². The number of aromatic amines is 1. The minimum absolute atomic E-state index is 0.244. The maximum atomic E-state index is 13.7. The van der Waals surface area contributed by atoms with Gasteiger partial charge in [0.25, 0.3) is 0 Å². The zero-order valence-corrected chi connectivity index (χ0v) is 25.5. The van der Waals surface area contributed by atoms with E-state index in [1.807, 2.05) is 40.1 Å². The van der Waals surface area contributed by atoms with Crippen molar-refractivity contribution in [2.75, 3.05) is 50.6 Å². The summed E-state index contributed by atoms with van der Waals surface area (Å²) in [5, 5.41) is 3.41. The Labute approximate surface area is 252 Å². The van der Waals surface area contributed by atoms with Crippen LogP contribution in [0.5, 0.6) is 5.75 Å². The molecule has 0 atom stereocenters. The van der Waals surface area contributed by atoms with Crippen LogP contribution in [0.2, 0.25) is 0 Å². The van der Waals surface area contributed by atoms with Crippen molar-refractivity contribution in [3.8, 4) is 16.9 Å². The van der Waals surface area contributed by atoms with Crippen molar-refractivity contribution in [3.63, 3.8) is 0 Å². The van der Waals surface area contributed by atoms with Crippen LogP contribution in [0.3, 0.4) is 0 Å². The number of aryl methyl sites for hydroxylation is 3. The average Bonchev–Trinajstić information content (AvgIpc) is 3.20. The van der Waals surface area contributed by atoms with Crippen LogP contribution in [0.4, 0.5) is 16.2 Å². The van der Waals surface area contributed by atoms with E-state index < -0.39 is 0 Å². The summed E-state index contributed by atoms with van der Waals surface area (Å²) in [5.74, 6) is 3.07. The molecule has 3 heterocycles. The number of nitrogens with one attached hydrogen (secondary N) is 2. The van der Waals surface area contributed by atoms with Gasteiger partial charge in [0, 0.05) is 42.9 Å². The molecule has 6 rings (SSSR count). The van der Waals surface area contributed by atoms with Crippen LogP contribution >= 0.6 is 0 Å². The average molecular weight is 580 g/mol. The number of H-pyrrole nitrogens is 1. The van der Waals surface area contributed by atoms with Crippen LogP contribution in [0, 0.1) is 26.6 Å². The molecule has 0 spiro atoms. The maximum Gasteiger partial charge on any atom is 0.224 e. The van der Waals surface area contributed by atoms with Crippen molar-refractivity contribution in [2.45, 2.75) is 33.7 Å². The van der Waals surface area contributed by atoms with E-state index >= 15 is 0 Å². The summed E-state index contributed by atoms with van der Waals surface area (Å²) in [6.07, 6.45) is 0.603. The predicted octanol–water partition coefficient (Wildman–Crippen LogP) is 6.05. The van der Waals surface area contributed by atoms with Crippen LogP contribution < -0.4 is 15.0 Å². The molecule has 9 heteroatoms. The van der Waals surface area contributed by atoms with Gasteiger partial charge in [-0.15, -0.1) is 0 Å². The van der Waals surface area contributed by atoms with E-state index in [1.165, 1.54) is 12.1 Å². The normalized spacial score (nSPS) is 13.2. The highest BCUT2D eigenvalue weighted by Gasteiger charge is 2.24. The van der Waals surface area contributed by atoms with E-state index in [0.717, 1.165) is 80.6 Å². The summed E-state index contributed by atoms with van der Waals surface area (Å²) in [6, 6.07) is 17.4. The molecule has 2 aromatic heterocycles. The number of halogens is 1. The molecule has 3 aromatic carbocycles. The molecular formula is C34H38FN7O. The van der Waals surface area contributed by atoms with Gasteiger partial charge in [-0.25, -0.2) is 14.4 Å². The molecule has 0 amide bonds. The summed E-state index contributed by atoms with van der Waals surface area (Å²) >= 11 is 0.